The van der Waals surface area contributed by atoms with Gasteiger partial charge in [-0.2, -0.15) is 0 Å². The van der Waals surface area contributed by atoms with Crippen LogP contribution in [0.3, 0.4) is 0 Å². The van der Waals surface area contributed by atoms with E-state index in [-0.39, 0.29) is 10.6 Å². The second-order valence-electron chi connectivity index (χ2n) is 5.15. The van der Waals surface area contributed by atoms with Crippen LogP contribution in [0.4, 0.5) is 11.4 Å². The number of hydrogen-bond donors (Lipinski definition) is 2. The van der Waals surface area contributed by atoms with Crippen LogP contribution in [-0.2, 0) is 14.8 Å². The number of carbonyl (C=O) groups is 1. The highest BCUT2D eigenvalue weighted by molar-refractivity contribution is 7.92. The van der Waals surface area contributed by atoms with E-state index in [0.717, 1.165) is 5.56 Å². The summed E-state index contributed by atoms with van der Waals surface area (Å²) in [6, 6.07) is 13.3. The first kappa shape index (κ1) is 16.8. The molecule has 0 aromatic heterocycles. The van der Waals surface area contributed by atoms with E-state index in [2.05, 4.69) is 16.6 Å². The third-order valence-electron chi connectivity index (χ3n) is 3.20. The molecule has 2 rings (SSSR count). The Morgan fingerprint density at radius 1 is 1.00 bits per heavy atom. The molecule has 6 heteroatoms. The van der Waals surface area contributed by atoms with Gasteiger partial charge in [0.1, 0.15) is 4.90 Å². The third-order valence-corrected chi connectivity index (χ3v) is 4.63. The number of carbonyl (C=O) groups excluding carboxylic acids is 1. The number of sulfonamides is 1. The first-order valence-electron chi connectivity index (χ1n) is 6.95. The lowest BCUT2D eigenvalue weighted by atomic mass is 10.2. The van der Waals surface area contributed by atoms with Crippen LogP contribution < -0.4 is 10.0 Å². The van der Waals surface area contributed by atoms with Crippen LogP contribution in [0.25, 0.3) is 0 Å². The van der Waals surface area contributed by atoms with Crippen molar-refractivity contribution in [2.45, 2.75) is 18.7 Å². The molecule has 2 aromatic rings. The molecular formula is C17H18N2O3S. The fourth-order valence-corrected chi connectivity index (χ4v) is 3.22. The molecule has 5 nitrogen and oxygen atoms in total. The maximum absolute atomic E-state index is 12.6. The van der Waals surface area contributed by atoms with Gasteiger partial charge in [0.05, 0.1) is 11.4 Å². The molecule has 0 saturated carbocycles. The quantitative estimate of drug-likeness (QED) is 0.826. The van der Waals surface area contributed by atoms with Crippen molar-refractivity contribution in [1.29, 1.82) is 0 Å². The van der Waals surface area contributed by atoms with Crippen LogP contribution in [0.15, 0.2) is 65.6 Å². The molecule has 0 bridgehead atoms. The highest BCUT2D eigenvalue weighted by atomic mass is 32.2. The molecule has 0 aliphatic carbocycles. The molecule has 2 N–H and O–H groups in total. The van der Waals surface area contributed by atoms with Gasteiger partial charge in [0.25, 0.3) is 15.9 Å². The number of para-hydroxylation sites is 2. The monoisotopic (exact) mass is 330 g/mol. The zero-order valence-corrected chi connectivity index (χ0v) is 13.8. The van der Waals surface area contributed by atoms with E-state index in [0.29, 0.717) is 11.3 Å². The van der Waals surface area contributed by atoms with Crippen LogP contribution in [0.2, 0.25) is 0 Å². The highest BCUT2D eigenvalue weighted by Crippen LogP contribution is 2.25. The molecule has 0 saturated heterocycles. The highest BCUT2D eigenvalue weighted by Gasteiger charge is 2.20. The lowest BCUT2D eigenvalue weighted by molar-refractivity contribution is -0.112. The summed E-state index contributed by atoms with van der Waals surface area (Å²) in [6.45, 7) is 6.91. The lowest BCUT2D eigenvalue weighted by Gasteiger charge is -2.14. The van der Waals surface area contributed by atoms with Crippen molar-refractivity contribution in [2.75, 3.05) is 10.0 Å². The third kappa shape index (κ3) is 3.98. The number of benzene rings is 2. The van der Waals surface area contributed by atoms with Crippen molar-refractivity contribution in [3.8, 4) is 0 Å². The van der Waals surface area contributed by atoms with Crippen molar-refractivity contribution in [3.63, 3.8) is 0 Å². The second-order valence-corrected chi connectivity index (χ2v) is 6.80. The fraction of sp³-hybridized carbons (Fsp3) is 0.118. The van der Waals surface area contributed by atoms with Crippen LogP contribution in [0.1, 0.15) is 12.5 Å². The molecule has 0 spiro atoms. The van der Waals surface area contributed by atoms with E-state index in [1.165, 1.54) is 12.1 Å². The Labute approximate surface area is 136 Å². The molecule has 0 radical (unpaired) electrons. The molecular weight excluding hydrogens is 312 g/mol. The largest absolute Gasteiger partial charge is 0.321 e. The summed E-state index contributed by atoms with van der Waals surface area (Å²) < 4.78 is 27.8. The Morgan fingerprint density at radius 3 is 2.17 bits per heavy atom. The molecule has 2 aromatic carbocycles. The number of amides is 1. The minimum Gasteiger partial charge on any atom is -0.321 e. The smallest absolute Gasteiger partial charge is 0.263 e. The van der Waals surface area contributed by atoms with Crippen molar-refractivity contribution in [2.24, 2.45) is 0 Å². The summed E-state index contributed by atoms with van der Waals surface area (Å²) in [4.78, 5) is 11.8. The maximum atomic E-state index is 12.6. The normalized spacial score (nSPS) is 10.9. The minimum absolute atomic E-state index is 0.00199. The van der Waals surface area contributed by atoms with Crippen LogP contribution in [0, 0.1) is 6.92 Å². The first-order valence-corrected chi connectivity index (χ1v) is 8.44. The Bertz CT molecular complexity index is 858. The molecule has 23 heavy (non-hydrogen) atoms. The summed E-state index contributed by atoms with van der Waals surface area (Å²) in [5, 5.41) is 2.56. The minimum atomic E-state index is -3.83. The van der Waals surface area contributed by atoms with E-state index in [4.69, 9.17) is 0 Å². The standard InChI is InChI=1S/C17H18N2O3S/c1-12(2)17(20)18-15-10-6-7-11-16(15)23(21,22)19-14-9-5-4-8-13(14)3/h4-11,19H,1H2,2-3H3,(H,18,20). The summed E-state index contributed by atoms with van der Waals surface area (Å²) in [6.07, 6.45) is 0. The Kier molecular flexibility index (Phi) is 4.86. The van der Waals surface area contributed by atoms with Crippen LogP contribution >= 0.6 is 0 Å². The Hall–Kier alpha value is -2.60. The van der Waals surface area contributed by atoms with Crippen LogP contribution in [-0.4, -0.2) is 14.3 Å². The van der Waals surface area contributed by atoms with Gasteiger partial charge in [-0.05, 0) is 37.6 Å². The van der Waals surface area contributed by atoms with Gasteiger partial charge in [0.2, 0.25) is 0 Å². The molecule has 120 valence electrons. The Morgan fingerprint density at radius 2 is 1.57 bits per heavy atom. The fourth-order valence-electron chi connectivity index (χ4n) is 1.92. The summed E-state index contributed by atoms with van der Waals surface area (Å²) in [5.41, 5.74) is 1.80. The van der Waals surface area contributed by atoms with Crippen molar-refractivity contribution in [3.05, 3.63) is 66.2 Å². The number of aryl methyl sites for hydroxylation is 1. The molecule has 0 unspecified atom stereocenters. The zero-order chi connectivity index (χ0) is 17.0. The molecule has 0 atom stereocenters. The average molecular weight is 330 g/mol. The van der Waals surface area contributed by atoms with Gasteiger partial charge in [-0.1, -0.05) is 36.9 Å². The first-order chi connectivity index (χ1) is 10.8. The average Bonchev–Trinajstić information content (AvgIpc) is 2.49. The zero-order valence-electron chi connectivity index (χ0n) is 13.0. The van der Waals surface area contributed by atoms with Crippen molar-refractivity contribution >= 4 is 27.3 Å². The summed E-state index contributed by atoms with van der Waals surface area (Å²) in [7, 11) is -3.83. The van der Waals surface area contributed by atoms with Gasteiger partial charge in [-0.15, -0.1) is 0 Å². The number of hydrogen-bond acceptors (Lipinski definition) is 3. The molecule has 0 heterocycles. The van der Waals surface area contributed by atoms with Gasteiger partial charge in [-0.25, -0.2) is 8.42 Å². The van der Waals surface area contributed by atoms with E-state index < -0.39 is 15.9 Å². The van der Waals surface area contributed by atoms with E-state index in [9.17, 15) is 13.2 Å². The van der Waals surface area contributed by atoms with Gasteiger partial charge in [0, 0.05) is 5.57 Å². The molecule has 1 amide bonds. The molecule has 0 aliphatic heterocycles. The van der Waals surface area contributed by atoms with Gasteiger partial charge >= 0.3 is 0 Å². The van der Waals surface area contributed by atoms with E-state index in [1.54, 1.807) is 31.2 Å². The summed E-state index contributed by atoms with van der Waals surface area (Å²) in [5.74, 6) is -0.427. The van der Waals surface area contributed by atoms with E-state index >= 15 is 0 Å². The molecule has 0 fully saturated rings. The number of rotatable bonds is 5. The predicted octanol–water partition coefficient (Wildman–Crippen LogP) is 3.31. The number of anilines is 2. The maximum Gasteiger partial charge on any atom is 0.263 e. The lowest BCUT2D eigenvalue weighted by Crippen LogP contribution is -2.18. The molecule has 0 aliphatic rings. The number of nitrogens with one attached hydrogen (secondary N) is 2. The van der Waals surface area contributed by atoms with E-state index in [1.807, 2.05) is 19.1 Å². The van der Waals surface area contributed by atoms with Gasteiger partial charge in [-0.3, -0.25) is 9.52 Å². The van der Waals surface area contributed by atoms with Crippen LogP contribution in [0.5, 0.6) is 0 Å². The van der Waals surface area contributed by atoms with Gasteiger partial charge < -0.3 is 5.32 Å². The second kappa shape index (κ2) is 6.66. The Balaban J connectivity index is 2.39. The SMILES string of the molecule is C=C(C)C(=O)Nc1ccccc1S(=O)(=O)Nc1ccccc1C. The van der Waals surface area contributed by atoms with Crippen molar-refractivity contribution < 1.29 is 13.2 Å². The summed E-state index contributed by atoms with van der Waals surface area (Å²) >= 11 is 0. The van der Waals surface area contributed by atoms with Gasteiger partial charge in [0.15, 0.2) is 0 Å². The topological polar surface area (TPSA) is 75.3 Å². The predicted molar refractivity (Wildman–Crippen MR) is 91.9 cm³/mol. The van der Waals surface area contributed by atoms with Crippen molar-refractivity contribution in [1.82, 2.24) is 0 Å².